The molecule has 0 amide bonds. The van der Waals surface area contributed by atoms with Crippen LogP contribution in [0, 0.1) is 0 Å². The van der Waals surface area contributed by atoms with Gasteiger partial charge < -0.3 is 9.84 Å². The van der Waals surface area contributed by atoms with E-state index in [4.69, 9.17) is 9.84 Å². The van der Waals surface area contributed by atoms with Crippen molar-refractivity contribution < 1.29 is 19.4 Å². The molecule has 0 spiro atoms. The van der Waals surface area contributed by atoms with Crippen molar-refractivity contribution in [1.82, 2.24) is 4.98 Å². The number of esters is 1. The number of rotatable bonds is 10. The maximum absolute atomic E-state index is 11.5. The summed E-state index contributed by atoms with van der Waals surface area (Å²) in [6, 6.07) is 3.31. The molecule has 0 aromatic carbocycles. The number of carbonyl (C=O) groups is 2. The summed E-state index contributed by atoms with van der Waals surface area (Å²) in [6.45, 7) is 0. The predicted octanol–water partition coefficient (Wildman–Crippen LogP) is 3.19. The molecule has 0 aliphatic rings. The Labute approximate surface area is 119 Å². The van der Waals surface area contributed by atoms with Gasteiger partial charge in [-0.3, -0.25) is 14.6 Å². The van der Waals surface area contributed by atoms with Crippen LogP contribution in [-0.2, 0) is 9.59 Å². The maximum atomic E-state index is 11.5. The van der Waals surface area contributed by atoms with E-state index in [2.05, 4.69) is 4.98 Å². The molecule has 5 nitrogen and oxygen atoms in total. The monoisotopic (exact) mass is 279 g/mol. The molecule has 5 heteroatoms. The van der Waals surface area contributed by atoms with E-state index in [1.54, 1.807) is 24.5 Å². The molecule has 1 heterocycles. The molecule has 0 fully saturated rings. The number of hydrogen-bond acceptors (Lipinski definition) is 4. The second-order valence-electron chi connectivity index (χ2n) is 4.67. The standard InChI is InChI=1S/C15H21NO4/c17-14(18)7-5-3-1-2-4-6-8-15(19)20-13-9-11-16-12-10-13/h9-12H,1-8H2,(H,17,18). The van der Waals surface area contributed by atoms with E-state index in [9.17, 15) is 9.59 Å². The lowest BCUT2D eigenvalue weighted by atomic mass is 10.1. The average Bonchev–Trinajstić information content (AvgIpc) is 2.42. The molecule has 0 saturated carbocycles. The fourth-order valence-corrected chi connectivity index (χ4v) is 1.84. The number of carboxylic acid groups (broad SMARTS) is 1. The van der Waals surface area contributed by atoms with Gasteiger partial charge in [-0.15, -0.1) is 0 Å². The lowest BCUT2D eigenvalue weighted by Crippen LogP contribution is -2.07. The molecule has 0 saturated heterocycles. The minimum Gasteiger partial charge on any atom is -0.481 e. The average molecular weight is 279 g/mol. The van der Waals surface area contributed by atoms with Crippen LogP contribution in [-0.4, -0.2) is 22.0 Å². The zero-order valence-corrected chi connectivity index (χ0v) is 11.6. The second-order valence-corrected chi connectivity index (χ2v) is 4.67. The van der Waals surface area contributed by atoms with E-state index < -0.39 is 5.97 Å². The van der Waals surface area contributed by atoms with Gasteiger partial charge in [0, 0.05) is 25.2 Å². The van der Waals surface area contributed by atoms with E-state index in [1.165, 1.54) is 0 Å². The van der Waals surface area contributed by atoms with Crippen molar-refractivity contribution in [3.8, 4) is 5.75 Å². The van der Waals surface area contributed by atoms with Crippen LogP contribution in [0.3, 0.4) is 0 Å². The molecular weight excluding hydrogens is 258 g/mol. The molecule has 110 valence electrons. The molecular formula is C15H21NO4. The largest absolute Gasteiger partial charge is 0.481 e. The molecule has 0 bridgehead atoms. The van der Waals surface area contributed by atoms with Crippen molar-refractivity contribution in [2.75, 3.05) is 0 Å². The van der Waals surface area contributed by atoms with Gasteiger partial charge in [-0.1, -0.05) is 25.7 Å². The molecule has 20 heavy (non-hydrogen) atoms. The van der Waals surface area contributed by atoms with Crippen molar-refractivity contribution in [2.45, 2.75) is 51.4 Å². The third kappa shape index (κ3) is 8.24. The van der Waals surface area contributed by atoms with Crippen LogP contribution >= 0.6 is 0 Å². The summed E-state index contributed by atoms with van der Waals surface area (Å²) < 4.78 is 5.14. The Morgan fingerprint density at radius 3 is 2.10 bits per heavy atom. The topological polar surface area (TPSA) is 76.5 Å². The fourth-order valence-electron chi connectivity index (χ4n) is 1.84. The highest BCUT2D eigenvalue weighted by Gasteiger charge is 2.04. The number of ether oxygens (including phenoxy) is 1. The molecule has 0 aliphatic carbocycles. The number of aromatic nitrogens is 1. The van der Waals surface area contributed by atoms with Crippen LogP contribution in [0.25, 0.3) is 0 Å². The van der Waals surface area contributed by atoms with Gasteiger partial charge in [-0.05, 0) is 25.0 Å². The number of hydrogen-bond donors (Lipinski definition) is 1. The summed E-state index contributed by atoms with van der Waals surface area (Å²) in [5.41, 5.74) is 0. The van der Waals surface area contributed by atoms with Crippen LogP contribution in [0.1, 0.15) is 51.4 Å². The number of carboxylic acids is 1. The van der Waals surface area contributed by atoms with Crippen LogP contribution in [0.2, 0.25) is 0 Å². The molecule has 0 atom stereocenters. The lowest BCUT2D eigenvalue weighted by molar-refractivity contribution is -0.137. The molecule has 1 aromatic heterocycles. The summed E-state index contributed by atoms with van der Waals surface area (Å²) in [4.78, 5) is 25.7. The number of pyridine rings is 1. The number of unbranched alkanes of at least 4 members (excludes halogenated alkanes) is 5. The first-order chi connectivity index (χ1) is 9.68. The van der Waals surface area contributed by atoms with Crippen molar-refractivity contribution in [3.63, 3.8) is 0 Å². The van der Waals surface area contributed by atoms with Crippen molar-refractivity contribution >= 4 is 11.9 Å². The van der Waals surface area contributed by atoms with Gasteiger partial charge in [0.2, 0.25) is 0 Å². The van der Waals surface area contributed by atoms with E-state index in [-0.39, 0.29) is 12.4 Å². The van der Waals surface area contributed by atoms with Crippen LogP contribution < -0.4 is 4.74 Å². The highest BCUT2D eigenvalue weighted by Crippen LogP contribution is 2.11. The van der Waals surface area contributed by atoms with Crippen molar-refractivity contribution in [2.24, 2.45) is 0 Å². The van der Waals surface area contributed by atoms with E-state index in [0.29, 0.717) is 12.2 Å². The number of aliphatic carboxylic acids is 1. The van der Waals surface area contributed by atoms with Crippen LogP contribution in [0.5, 0.6) is 5.75 Å². The first-order valence-electron chi connectivity index (χ1n) is 7.01. The summed E-state index contributed by atoms with van der Waals surface area (Å²) in [6.07, 6.45) is 9.33. The Morgan fingerprint density at radius 1 is 0.950 bits per heavy atom. The van der Waals surface area contributed by atoms with Gasteiger partial charge in [0.25, 0.3) is 0 Å². The minimum atomic E-state index is -0.733. The minimum absolute atomic E-state index is 0.220. The summed E-state index contributed by atoms with van der Waals surface area (Å²) in [7, 11) is 0. The number of nitrogens with zero attached hydrogens (tertiary/aromatic N) is 1. The SMILES string of the molecule is O=C(O)CCCCCCCCC(=O)Oc1ccncc1. The van der Waals surface area contributed by atoms with Crippen molar-refractivity contribution in [1.29, 1.82) is 0 Å². The van der Waals surface area contributed by atoms with Crippen LogP contribution in [0.4, 0.5) is 0 Å². The first-order valence-corrected chi connectivity index (χ1v) is 7.01. The molecule has 0 unspecified atom stereocenters. The first kappa shape index (κ1) is 16.1. The molecule has 1 N–H and O–H groups in total. The second kappa shape index (κ2) is 9.95. The zero-order chi connectivity index (χ0) is 14.6. The Morgan fingerprint density at radius 2 is 1.50 bits per heavy atom. The normalized spacial score (nSPS) is 10.2. The Kier molecular flexibility index (Phi) is 8.03. The Balaban J connectivity index is 1.96. The summed E-state index contributed by atoms with van der Waals surface area (Å²) in [5.74, 6) is -0.426. The number of carbonyl (C=O) groups excluding carboxylic acids is 1. The summed E-state index contributed by atoms with van der Waals surface area (Å²) >= 11 is 0. The summed E-state index contributed by atoms with van der Waals surface area (Å²) in [5, 5.41) is 8.48. The van der Waals surface area contributed by atoms with Gasteiger partial charge in [0.05, 0.1) is 0 Å². The molecule has 1 aromatic rings. The molecule has 0 aliphatic heterocycles. The van der Waals surface area contributed by atoms with Crippen molar-refractivity contribution in [3.05, 3.63) is 24.5 Å². The molecule has 1 rings (SSSR count). The third-order valence-electron chi connectivity index (χ3n) is 2.90. The third-order valence-corrected chi connectivity index (χ3v) is 2.90. The van der Waals surface area contributed by atoms with Gasteiger partial charge in [-0.2, -0.15) is 0 Å². The fraction of sp³-hybridized carbons (Fsp3) is 0.533. The van der Waals surface area contributed by atoms with Gasteiger partial charge in [-0.25, -0.2) is 0 Å². The quantitative estimate of drug-likeness (QED) is 0.525. The highest BCUT2D eigenvalue weighted by molar-refractivity contribution is 5.72. The highest BCUT2D eigenvalue weighted by atomic mass is 16.5. The van der Waals surface area contributed by atoms with Crippen LogP contribution in [0.15, 0.2) is 24.5 Å². The smallest absolute Gasteiger partial charge is 0.311 e. The van der Waals surface area contributed by atoms with Gasteiger partial charge in [0.15, 0.2) is 0 Å². The van der Waals surface area contributed by atoms with Gasteiger partial charge >= 0.3 is 11.9 Å². The predicted molar refractivity (Wildman–Crippen MR) is 74.4 cm³/mol. The van der Waals surface area contributed by atoms with E-state index >= 15 is 0 Å². The molecule has 0 radical (unpaired) electrons. The zero-order valence-electron chi connectivity index (χ0n) is 11.6. The van der Waals surface area contributed by atoms with E-state index in [0.717, 1.165) is 38.5 Å². The Hall–Kier alpha value is -1.91. The van der Waals surface area contributed by atoms with E-state index in [1.807, 2.05) is 0 Å². The maximum Gasteiger partial charge on any atom is 0.311 e. The Bertz CT molecular complexity index is 406. The lowest BCUT2D eigenvalue weighted by Gasteiger charge is -2.03. The van der Waals surface area contributed by atoms with Gasteiger partial charge in [0.1, 0.15) is 5.75 Å².